The summed E-state index contributed by atoms with van der Waals surface area (Å²) in [7, 11) is 4.13. The number of halogens is 1. The molecule has 0 saturated heterocycles. The minimum atomic E-state index is -0.158. The molecule has 0 aliphatic heterocycles. The van der Waals surface area contributed by atoms with Crippen molar-refractivity contribution in [3.63, 3.8) is 0 Å². The molecule has 140 valence electrons. The van der Waals surface area contributed by atoms with Crippen molar-refractivity contribution in [2.75, 3.05) is 27.2 Å². The van der Waals surface area contributed by atoms with Crippen LogP contribution in [0.3, 0.4) is 0 Å². The smallest absolute Gasteiger partial charge is 0.191 e. The highest BCUT2D eigenvalue weighted by Crippen LogP contribution is 2.08. The first kappa shape index (κ1) is 19.9. The van der Waals surface area contributed by atoms with Crippen LogP contribution in [0.2, 0.25) is 0 Å². The molecule has 2 N–H and O–H groups in total. The maximum atomic E-state index is 13.7. The number of nitrogens with zero attached hydrogens (tertiary/aromatic N) is 2. The Hall–Kier alpha value is -2.40. The molecular weight excluding hydrogens is 327 g/mol. The van der Waals surface area contributed by atoms with Gasteiger partial charge in [0.1, 0.15) is 5.82 Å². The second-order valence-corrected chi connectivity index (χ2v) is 6.52. The number of benzene rings is 2. The molecule has 0 aliphatic rings. The highest BCUT2D eigenvalue weighted by Gasteiger charge is 2.02. The molecule has 0 radical (unpaired) electrons. The minimum absolute atomic E-state index is 0.158. The lowest BCUT2D eigenvalue weighted by molar-refractivity contribution is 0.402. The molecule has 0 amide bonds. The molecule has 5 heteroatoms. The van der Waals surface area contributed by atoms with Gasteiger partial charge in [0.25, 0.3) is 0 Å². The van der Waals surface area contributed by atoms with E-state index in [9.17, 15) is 4.39 Å². The quantitative estimate of drug-likeness (QED) is 0.564. The molecule has 2 aromatic rings. The van der Waals surface area contributed by atoms with Crippen molar-refractivity contribution in [2.24, 2.45) is 4.99 Å². The Labute approximate surface area is 156 Å². The Morgan fingerprint density at radius 2 is 1.69 bits per heavy atom. The van der Waals surface area contributed by atoms with Gasteiger partial charge in [0.15, 0.2) is 5.96 Å². The Bertz CT molecular complexity index is 695. The van der Waals surface area contributed by atoms with Crippen molar-refractivity contribution >= 4 is 5.96 Å². The maximum absolute atomic E-state index is 13.7. The van der Waals surface area contributed by atoms with Crippen LogP contribution in [-0.2, 0) is 19.5 Å². The van der Waals surface area contributed by atoms with Crippen LogP contribution in [0, 0.1) is 5.82 Å². The molecule has 26 heavy (non-hydrogen) atoms. The van der Waals surface area contributed by atoms with Crippen molar-refractivity contribution in [3.05, 3.63) is 71.0 Å². The van der Waals surface area contributed by atoms with E-state index in [4.69, 9.17) is 0 Å². The molecule has 0 spiro atoms. The zero-order valence-corrected chi connectivity index (χ0v) is 15.9. The summed E-state index contributed by atoms with van der Waals surface area (Å²) in [5.41, 5.74) is 3.17. The summed E-state index contributed by atoms with van der Waals surface area (Å²) >= 11 is 0. The number of nitrogens with one attached hydrogen (secondary N) is 2. The summed E-state index contributed by atoms with van der Waals surface area (Å²) in [5, 5.41) is 6.50. The highest BCUT2D eigenvalue weighted by atomic mass is 19.1. The second kappa shape index (κ2) is 10.6. The van der Waals surface area contributed by atoms with Gasteiger partial charge in [-0.1, -0.05) is 42.5 Å². The Morgan fingerprint density at radius 1 is 1.00 bits per heavy atom. The van der Waals surface area contributed by atoms with Gasteiger partial charge < -0.3 is 15.5 Å². The van der Waals surface area contributed by atoms with Gasteiger partial charge in [0, 0.05) is 19.6 Å². The molecule has 0 unspecified atom stereocenters. The van der Waals surface area contributed by atoms with Crippen LogP contribution in [0.25, 0.3) is 0 Å². The molecule has 0 fully saturated rings. The van der Waals surface area contributed by atoms with Gasteiger partial charge in [-0.05, 0) is 50.2 Å². The van der Waals surface area contributed by atoms with E-state index in [2.05, 4.69) is 58.9 Å². The largest absolute Gasteiger partial charge is 0.357 e. The third-order valence-corrected chi connectivity index (χ3v) is 3.93. The van der Waals surface area contributed by atoms with E-state index < -0.39 is 0 Å². The van der Waals surface area contributed by atoms with E-state index in [1.165, 1.54) is 17.2 Å². The number of guanidine groups is 1. The van der Waals surface area contributed by atoms with Gasteiger partial charge in [-0.3, -0.25) is 0 Å². The van der Waals surface area contributed by atoms with Gasteiger partial charge in [0.05, 0.1) is 6.54 Å². The van der Waals surface area contributed by atoms with Gasteiger partial charge in [-0.15, -0.1) is 0 Å². The maximum Gasteiger partial charge on any atom is 0.191 e. The van der Waals surface area contributed by atoms with Gasteiger partial charge >= 0.3 is 0 Å². The number of hydrogen-bond acceptors (Lipinski definition) is 2. The lowest BCUT2D eigenvalue weighted by Gasteiger charge is -2.12. The third-order valence-electron chi connectivity index (χ3n) is 3.93. The molecule has 2 rings (SSSR count). The van der Waals surface area contributed by atoms with Gasteiger partial charge in [-0.2, -0.15) is 0 Å². The standard InChI is InChI=1S/C21H29FN4/c1-4-23-21(24-14-13-19-7-5-6-8-20(19)22)25-15-17-9-11-18(12-10-17)16-26(2)3/h5-12H,4,13-16H2,1-3H3,(H2,23,24,25). The molecule has 0 bridgehead atoms. The lowest BCUT2D eigenvalue weighted by atomic mass is 10.1. The summed E-state index contributed by atoms with van der Waals surface area (Å²) < 4.78 is 13.7. The van der Waals surface area contributed by atoms with Crippen molar-refractivity contribution in [1.82, 2.24) is 15.5 Å². The van der Waals surface area contributed by atoms with Gasteiger partial charge in [0.2, 0.25) is 0 Å². The van der Waals surface area contributed by atoms with Crippen molar-refractivity contribution < 1.29 is 4.39 Å². The fourth-order valence-electron chi connectivity index (χ4n) is 2.64. The number of hydrogen-bond donors (Lipinski definition) is 2. The van der Waals surface area contributed by atoms with E-state index in [1.807, 2.05) is 19.1 Å². The fourth-order valence-corrected chi connectivity index (χ4v) is 2.64. The molecule has 0 heterocycles. The monoisotopic (exact) mass is 356 g/mol. The lowest BCUT2D eigenvalue weighted by Crippen LogP contribution is -2.38. The number of aliphatic imine (C=N–C) groups is 1. The summed E-state index contributed by atoms with van der Waals surface area (Å²) in [6, 6.07) is 15.4. The first-order valence-corrected chi connectivity index (χ1v) is 9.06. The normalized spacial score (nSPS) is 11.7. The van der Waals surface area contributed by atoms with Crippen molar-refractivity contribution in [3.8, 4) is 0 Å². The Balaban J connectivity index is 1.88. The molecule has 0 aliphatic carbocycles. The van der Waals surface area contributed by atoms with Crippen LogP contribution in [0.4, 0.5) is 4.39 Å². The summed E-state index contributed by atoms with van der Waals surface area (Å²) in [4.78, 5) is 6.77. The fraction of sp³-hybridized carbons (Fsp3) is 0.381. The SMILES string of the molecule is CCNC(=NCc1ccc(CN(C)C)cc1)NCCc1ccccc1F. The van der Waals surface area contributed by atoms with Crippen LogP contribution in [0.1, 0.15) is 23.6 Å². The van der Waals surface area contributed by atoms with E-state index in [0.717, 1.165) is 19.0 Å². The third kappa shape index (κ3) is 6.84. The van der Waals surface area contributed by atoms with E-state index >= 15 is 0 Å². The first-order valence-electron chi connectivity index (χ1n) is 9.06. The van der Waals surface area contributed by atoms with Crippen LogP contribution in [-0.4, -0.2) is 38.0 Å². The molecule has 0 aromatic heterocycles. The Kier molecular flexibility index (Phi) is 8.09. The summed E-state index contributed by atoms with van der Waals surface area (Å²) in [6.45, 7) is 4.99. The number of rotatable bonds is 8. The molecule has 0 saturated carbocycles. The predicted octanol–water partition coefficient (Wildman–Crippen LogP) is 3.19. The minimum Gasteiger partial charge on any atom is -0.357 e. The second-order valence-electron chi connectivity index (χ2n) is 6.52. The van der Waals surface area contributed by atoms with E-state index in [1.54, 1.807) is 6.07 Å². The molecule has 2 aromatic carbocycles. The zero-order chi connectivity index (χ0) is 18.8. The van der Waals surface area contributed by atoms with Gasteiger partial charge in [-0.25, -0.2) is 9.38 Å². The zero-order valence-electron chi connectivity index (χ0n) is 15.9. The highest BCUT2D eigenvalue weighted by molar-refractivity contribution is 5.79. The van der Waals surface area contributed by atoms with Crippen LogP contribution >= 0.6 is 0 Å². The molecular formula is C21H29FN4. The topological polar surface area (TPSA) is 39.7 Å². The van der Waals surface area contributed by atoms with E-state index in [-0.39, 0.29) is 5.82 Å². The summed E-state index contributed by atoms with van der Waals surface area (Å²) in [6.07, 6.45) is 0.621. The summed E-state index contributed by atoms with van der Waals surface area (Å²) in [5.74, 6) is 0.593. The molecule has 0 atom stereocenters. The predicted molar refractivity (Wildman–Crippen MR) is 107 cm³/mol. The van der Waals surface area contributed by atoms with Crippen molar-refractivity contribution in [1.29, 1.82) is 0 Å². The first-order chi connectivity index (χ1) is 12.6. The van der Waals surface area contributed by atoms with Crippen molar-refractivity contribution in [2.45, 2.75) is 26.4 Å². The average molecular weight is 356 g/mol. The Morgan fingerprint density at radius 3 is 2.35 bits per heavy atom. The van der Waals surface area contributed by atoms with E-state index in [0.29, 0.717) is 25.1 Å². The van der Waals surface area contributed by atoms with Crippen LogP contribution in [0.15, 0.2) is 53.5 Å². The average Bonchev–Trinajstić information content (AvgIpc) is 2.62. The van der Waals surface area contributed by atoms with Crippen LogP contribution in [0.5, 0.6) is 0 Å². The van der Waals surface area contributed by atoms with Crippen LogP contribution < -0.4 is 10.6 Å². The molecule has 4 nitrogen and oxygen atoms in total.